The van der Waals surface area contributed by atoms with Crippen LogP contribution in [-0.4, -0.2) is 23.9 Å². The molecule has 0 fully saturated rings. The minimum Gasteiger partial charge on any atom is -0.431 e. The lowest BCUT2D eigenvalue weighted by Crippen LogP contribution is -2.26. The summed E-state index contributed by atoms with van der Waals surface area (Å²) in [7, 11) is 0. The van der Waals surface area contributed by atoms with Crippen LogP contribution in [0.3, 0.4) is 0 Å². The van der Waals surface area contributed by atoms with Gasteiger partial charge in [0.15, 0.2) is 0 Å². The van der Waals surface area contributed by atoms with E-state index in [1.165, 1.54) is 6.26 Å². The van der Waals surface area contributed by atoms with Crippen molar-refractivity contribution in [2.45, 2.75) is 13.8 Å². The number of esters is 4. The molecule has 0 spiro atoms. The van der Waals surface area contributed by atoms with E-state index in [1.807, 2.05) is 13.0 Å². The van der Waals surface area contributed by atoms with E-state index >= 15 is 0 Å². The lowest BCUT2D eigenvalue weighted by atomic mass is 10.1. The number of rotatable bonds is 9. The number of fused-ring (bicyclic) bond motifs is 1. The van der Waals surface area contributed by atoms with Gasteiger partial charge in [-0.05, 0) is 101 Å². The first-order valence-electron chi connectivity index (χ1n) is 13.4. The third-order valence-electron chi connectivity index (χ3n) is 6.33. The first-order chi connectivity index (χ1) is 21.2. The van der Waals surface area contributed by atoms with Crippen molar-refractivity contribution >= 4 is 46.8 Å². The van der Waals surface area contributed by atoms with E-state index in [2.05, 4.69) is 13.2 Å². The maximum Gasteiger partial charge on any atom is 0.343 e. The lowest BCUT2D eigenvalue weighted by Gasteiger charge is -2.10. The second-order valence-electron chi connectivity index (χ2n) is 9.32. The van der Waals surface area contributed by atoms with Gasteiger partial charge < -0.3 is 18.9 Å². The van der Waals surface area contributed by atoms with Crippen LogP contribution in [0.2, 0.25) is 0 Å². The molecule has 0 N–H and O–H groups in total. The van der Waals surface area contributed by atoms with Crippen LogP contribution >= 0.6 is 0 Å². The highest BCUT2D eigenvalue weighted by Crippen LogP contribution is 2.26. The van der Waals surface area contributed by atoms with E-state index in [1.54, 1.807) is 91.9 Å². The number of aryl methyl sites for hydroxylation is 1. The summed E-state index contributed by atoms with van der Waals surface area (Å²) in [5.41, 5.74) is 1.23. The summed E-state index contributed by atoms with van der Waals surface area (Å²) in [6, 6.07) is 19.9. The molecule has 0 saturated heterocycles. The van der Waals surface area contributed by atoms with E-state index in [4.69, 9.17) is 18.9 Å². The van der Waals surface area contributed by atoms with Crippen molar-refractivity contribution in [1.82, 2.24) is 0 Å². The van der Waals surface area contributed by atoms with Gasteiger partial charge in [0.2, 0.25) is 0 Å². The molecule has 8 nitrogen and oxygen atoms in total. The molecule has 4 aromatic rings. The van der Waals surface area contributed by atoms with Crippen LogP contribution < -0.4 is 24.6 Å². The maximum absolute atomic E-state index is 13.0. The fourth-order valence-corrected chi connectivity index (χ4v) is 4.10. The molecular weight excluding hydrogens is 560 g/mol. The molecule has 8 heteroatoms. The summed E-state index contributed by atoms with van der Waals surface area (Å²) in [6.07, 6.45) is 8.49. The monoisotopic (exact) mass is 588 g/mol. The molecular formula is C36H28O8. The van der Waals surface area contributed by atoms with Gasteiger partial charge in [0, 0.05) is 12.2 Å². The van der Waals surface area contributed by atoms with E-state index < -0.39 is 23.9 Å². The molecule has 0 unspecified atom stereocenters. The molecule has 0 radical (unpaired) electrons. The van der Waals surface area contributed by atoms with Gasteiger partial charge >= 0.3 is 23.9 Å². The van der Waals surface area contributed by atoms with Crippen molar-refractivity contribution in [2.24, 2.45) is 0 Å². The normalized spacial score (nSPS) is 11.7. The summed E-state index contributed by atoms with van der Waals surface area (Å²) in [5, 5.41) is 3.12. The largest absolute Gasteiger partial charge is 0.431 e. The van der Waals surface area contributed by atoms with E-state index in [-0.39, 0.29) is 5.75 Å². The standard InChI is InChI=1S/C36H28O8/c1-5-24-10-12-29(20-25(24)9-8-18-41-33(37)6-2)36(40)44-32-17-16-30(19-23(32)4)43-35(39)28-13-11-27-22-31(42-34(38)7-3)15-14-26(27)21-28/h5-22H,2-3H2,1,4H3/b18-8+,24-5-,25-9-. The van der Waals surface area contributed by atoms with Crippen LogP contribution in [0.5, 0.6) is 17.2 Å². The van der Waals surface area contributed by atoms with Gasteiger partial charge in [0.05, 0.1) is 17.4 Å². The molecule has 220 valence electrons. The Hall–Kier alpha value is -6.02. The third-order valence-corrected chi connectivity index (χ3v) is 6.33. The summed E-state index contributed by atoms with van der Waals surface area (Å²) in [6.45, 7) is 10.3. The van der Waals surface area contributed by atoms with E-state index in [0.717, 1.165) is 33.4 Å². The van der Waals surface area contributed by atoms with Gasteiger partial charge in [0.1, 0.15) is 17.2 Å². The quantitative estimate of drug-likeness (QED) is 0.109. The maximum atomic E-state index is 13.0. The highest BCUT2D eigenvalue weighted by atomic mass is 16.5. The lowest BCUT2D eigenvalue weighted by molar-refractivity contribution is -0.132. The van der Waals surface area contributed by atoms with Gasteiger partial charge in [-0.15, -0.1) is 0 Å². The van der Waals surface area contributed by atoms with Crippen LogP contribution in [0.4, 0.5) is 0 Å². The first-order valence-corrected chi connectivity index (χ1v) is 13.4. The Morgan fingerprint density at radius 1 is 0.659 bits per heavy atom. The van der Waals surface area contributed by atoms with Crippen molar-refractivity contribution in [2.75, 3.05) is 0 Å². The Kier molecular flexibility index (Phi) is 10.0. The molecule has 0 aromatic heterocycles. The zero-order valence-corrected chi connectivity index (χ0v) is 24.1. The molecule has 0 aliphatic rings. The predicted molar refractivity (Wildman–Crippen MR) is 167 cm³/mol. The Bertz CT molecular complexity index is 1950. The number of hydrogen-bond donors (Lipinski definition) is 0. The highest BCUT2D eigenvalue weighted by molar-refractivity contribution is 5.97. The van der Waals surface area contributed by atoms with Crippen molar-refractivity contribution in [3.8, 4) is 17.2 Å². The van der Waals surface area contributed by atoms with E-state index in [0.29, 0.717) is 28.2 Å². The van der Waals surface area contributed by atoms with Crippen LogP contribution in [0, 0.1) is 6.92 Å². The number of benzene rings is 4. The Balaban J connectivity index is 1.45. The smallest absolute Gasteiger partial charge is 0.343 e. The van der Waals surface area contributed by atoms with Gasteiger partial charge in [0.25, 0.3) is 0 Å². The molecule has 0 bridgehead atoms. The topological polar surface area (TPSA) is 105 Å². The number of carbonyl (C=O) groups is 4. The minimum absolute atomic E-state index is 0.280. The Morgan fingerprint density at radius 3 is 2.02 bits per heavy atom. The number of hydrogen-bond acceptors (Lipinski definition) is 8. The second kappa shape index (κ2) is 14.2. The van der Waals surface area contributed by atoms with E-state index in [9.17, 15) is 19.2 Å². The number of carbonyl (C=O) groups excluding carboxylic acids is 4. The van der Waals surface area contributed by atoms with Crippen molar-refractivity contribution < 1.29 is 38.1 Å². The fourth-order valence-electron chi connectivity index (χ4n) is 4.10. The SMILES string of the molecule is C=CC(=O)O/C=C/C=c1/cc(C(=O)Oc2ccc(OC(=O)c3ccc4cc(OC(=O)C=C)ccc4c3)cc2C)cc/c1=C/C. The molecule has 4 rings (SSSR count). The summed E-state index contributed by atoms with van der Waals surface area (Å²) >= 11 is 0. The molecule has 0 aliphatic heterocycles. The zero-order chi connectivity index (χ0) is 31.6. The van der Waals surface area contributed by atoms with Crippen LogP contribution in [0.25, 0.3) is 22.9 Å². The van der Waals surface area contributed by atoms with Crippen molar-refractivity contribution in [3.05, 3.63) is 138 Å². The molecule has 0 amide bonds. The molecule has 0 heterocycles. The fraction of sp³-hybridized carbons (Fsp3) is 0.0556. The predicted octanol–water partition coefficient (Wildman–Crippen LogP) is 5.50. The van der Waals surface area contributed by atoms with Crippen molar-refractivity contribution in [3.63, 3.8) is 0 Å². The summed E-state index contributed by atoms with van der Waals surface area (Å²) < 4.78 is 21.2. The second-order valence-corrected chi connectivity index (χ2v) is 9.32. The molecule has 0 atom stereocenters. The van der Waals surface area contributed by atoms with Crippen LogP contribution in [-0.2, 0) is 14.3 Å². The summed E-state index contributed by atoms with van der Waals surface area (Å²) in [4.78, 5) is 48.5. The van der Waals surface area contributed by atoms with Gasteiger partial charge in [-0.1, -0.05) is 43.5 Å². The van der Waals surface area contributed by atoms with Crippen LogP contribution in [0.15, 0.2) is 110 Å². The zero-order valence-electron chi connectivity index (χ0n) is 24.1. The first kappa shape index (κ1) is 30.9. The van der Waals surface area contributed by atoms with Crippen molar-refractivity contribution in [1.29, 1.82) is 0 Å². The Morgan fingerprint density at radius 2 is 1.30 bits per heavy atom. The van der Waals surface area contributed by atoms with Gasteiger partial charge in [-0.3, -0.25) is 0 Å². The molecule has 0 aliphatic carbocycles. The summed E-state index contributed by atoms with van der Waals surface area (Å²) in [5.74, 6) is -1.33. The minimum atomic E-state index is -0.579. The third kappa shape index (κ3) is 7.83. The Labute approximate surface area is 253 Å². The average Bonchev–Trinajstić information content (AvgIpc) is 3.03. The van der Waals surface area contributed by atoms with Gasteiger partial charge in [-0.25, -0.2) is 19.2 Å². The molecule has 4 aromatic carbocycles. The highest BCUT2D eigenvalue weighted by Gasteiger charge is 2.14. The number of ether oxygens (including phenoxy) is 4. The van der Waals surface area contributed by atoms with Gasteiger partial charge in [-0.2, -0.15) is 0 Å². The molecule has 0 saturated carbocycles. The molecule has 44 heavy (non-hydrogen) atoms. The van der Waals surface area contributed by atoms with Crippen LogP contribution in [0.1, 0.15) is 33.2 Å². The average molecular weight is 589 g/mol. The number of allylic oxidation sites excluding steroid dienone is 1.